The van der Waals surface area contributed by atoms with Crippen molar-refractivity contribution in [2.75, 3.05) is 5.32 Å². The van der Waals surface area contributed by atoms with Gasteiger partial charge in [-0.05, 0) is 50.2 Å². The van der Waals surface area contributed by atoms with Gasteiger partial charge in [0.05, 0.1) is 22.5 Å². The molecule has 146 valence electrons. The Morgan fingerprint density at radius 2 is 1.86 bits per heavy atom. The fourth-order valence-electron chi connectivity index (χ4n) is 2.73. The number of nitriles is 1. The van der Waals surface area contributed by atoms with E-state index in [-0.39, 0.29) is 11.3 Å². The van der Waals surface area contributed by atoms with E-state index in [0.717, 1.165) is 5.69 Å². The molecule has 0 bridgehead atoms. The van der Waals surface area contributed by atoms with Gasteiger partial charge in [0, 0.05) is 11.9 Å². The lowest BCUT2D eigenvalue weighted by molar-refractivity contribution is -0.123. The van der Waals surface area contributed by atoms with E-state index in [1.807, 2.05) is 6.07 Å². The Kier molecular flexibility index (Phi) is 5.60. The van der Waals surface area contributed by atoms with Crippen LogP contribution in [0.25, 0.3) is 5.69 Å². The highest BCUT2D eigenvalue weighted by Crippen LogP contribution is 2.15. The molecule has 2 N–H and O–H groups in total. The zero-order chi connectivity index (χ0) is 21.0. The van der Waals surface area contributed by atoms with Crippen LogP contribution in [0.2, 0.25) is 0 Å². The van der Waals surface area contributed by atoms with Crippen LogP contribution in [0.5, 0.6) is 0 Å². The molecule has 2 aromatic carbocycles. The first-order valence-electron chi connectivity index (χ1n) is 8.79. The minimum atomic E-state index is -1.07. The van der Waals surface area contributed by atoms with Crippen molar-refractivity contribution in [3.8, 4) is 11.8 Å². The second-order valence-corrected chi connectivity index (χ2v) is 6.31. The number of hydrogen-bond acceptors (Lipinski definition) is 5. The molecule has 3 aromatic rings. The highest BCUT2D eigenvalue weighted by atomic mass is 16.5. The van der Waals surface area contributed by atoms with Crippen molar-refractivity contribution in [2.24, 2.45) is 0 Å². The zero-order valence-electron chi connectivity index (χ0n) is 15.8. The van der Waals surface area contributed by atoms with Gasteiger partial charge in [0.15, 0.2) is 6.10 Å². The van der Waals surface area contributed by atoms with Crippen LogP contribution >= 0.6 is 0 Å². The molecule has 0 spiro atoms. The van der Waals surface area contributed by atoms with Gasteiger partial charge in [-0.15, -0.1) is 0 Å². The molecule has 0 aliphatic heterocycles. The molecule has 0 unspecified atom stereocenters. The lowest BCUT2D eigenvalue weighted by Gasteiger charge is -2.14. The maximum absolute atomic E-state index is 12.3. The van der Waals surface area contributed by atoms with Gasteiger partial charge in [0.1, 0.15) is 6.07 Å². The summed E-state index contributed by atoms with van der Waals surface area (Å²) in [6.07, 6.45) is 0.526. The number of nitrogens with zero attached hydrogens (tertiary/aromatic N) is 2. The number of rotatable bonds is 5. The largest absolute Gasteiger partial charge is 0.449 e. The molecule has 3 rings (SSSR count). The quantitative estimate of drug-likeness (QED) is 0.649. The summed E-state index contributed by atoms with van der Waals surface area (Å²) in [5.41, 5.74) is 1.95. The Morgan fingerprint density at radius 3 is 2.48 bits per heavy atom. The Labute approximate surface area is 166 Å². The Morgan fingerprint density at radius 1 is 1.17 bits per heavy atom. The van der Waals surface area contributed by atoms with Gasteiger partial charge >= 0.3 is 11.7 Å². The number of carbonyl (C=O) groups excluding carboxylic acids is 2. The van der Waals surface area contributed by atoms with Crippen molar-refractivity contribution >= 4 is 17.6 Å². The monoisotopic (exact) mass is 390 g/mol. The van der Waals surface area contributed by atoms with E-state index < -0.39 is 18.0 Å². The van der Waals surface area contributed by atoms with Crippen molar-refractivity contribution in [1.29, 1.82) is 5.26 Å². The minimum absolute atomic E-state index is 0.243. The molecule has 8 nitrogen and oxygen atoms in total. The van der Waals surface area contributed by atoms with Gasteiger partial charge < -0.3 is 15.0 Å². The number of ether oxygens (including phenoxy) is 1. The van der Waals surface area contributed by atoms with Gasteiger partial charge in [0.2, 0.25) is 0 Å². The number of carbonyl (C=O) groups is 2. The van der Waals surface area contributed by atoms with Crippen LogP contribution in [0, 0.1) is 18.3 Å². The van der Waals surface area contributed by atoms with Gasteiger partial charge in [-0.2, -0.15) is 5.26 Å². The Bertz CT molecular complexity index is 1150. The second kappa shape index (κ2) is 8.27. The smallest absolute Gasteiger partial charge is 0.338 e. The summed E-state index contributed by atoms with van der Waals surface area (Å²) in [7, 11) is 0. The normalized spacial score (nSPS) is 11.3. The molecule has 1 amide bonds. The molecular weight excluding hydrogens is 372 g/mol. The summed E-state index contributed by atoms with van der Waals surface area (Å²) in [5.74, 6) is -1.22. The molecule has 0 radical (unpaired) electrons. The zero-order valence-corrected chi connectivity index (χ0v) is 15.8. The number of imidazole rings is 1. The molecule has 29 heavy (non-hydrogen) atoms. The van der Waals surface area contributed by atoms with Crippen LogP contribution in [-0.2, 0) is 9.53 Å². The predicted molar refractivity (Wildman–Crippen MR) is 106 cm³/mol. The number of para-hydroxylation sites is 1. The van der Waals surface area contributed by atoms with Gasteiger partial charge in [0.25, 0.3) is 5.91 Å². The molecular formula is C21H18N4O4. The van der Waals surface area contributed by atoms with Crippen LogP contribution in [0.1, 0.15) is 28.5 Å². The van der Waals surface area contributed by atoms with Gasteiger partial charge in [-0.3, -0.25) is 9.36 Å². The van der Waals surface area contributed by atoms with Crippen molar-refractivity contribution in [1.82, 2.24) is 9.55 Å². The molecule has 0 saturated carbocycles. The number of nitrogens with one attached hydrogen (secondary N) is 2. The summed E-state index contributed by atoms with van der Waals surface area (Å²) < 4.78 is 6.68. The number of H-pyrrole nitrogens is 1. The molecule has 1 aromatic heterocycles. The number of benzene rings is 2. The van der Waals surface area contributed by atoms with Crippen LogP contribution in [0.4, 0.5) is 5.69 Å². The average molecular weight is 390 g/mol. The standard InChI is InChI=1S/C21H18N4O4/c1-13-12-23-21(28)25(13)17-9-7-15(8-10-17)20(27)29-14(2)19(26)24-18-6-4-3-5-16(18)11-22/h3-10,12,14H,1-2H3,(H,23,28)(H,24,26)/t14-/m1/s1. The fraction of sp³-hybridized carbons (Fsp3) is 0.143. The van der Waals surface area contributed by atoms with E-state index in [1.165, 1.54) is 23.6 Å². The predicted octanol–water partition coefficient (Wildman–Crippen LogP) is 2.53. The van der Waals surface area contributed by atoms with Crippen LogP contribution in [0.3, 0.4) is 0 Å². The van der Waals surface area contributed by atoms with Crippen molar-refractivity contribution in [2.45, 2.75) is 20.0 Å². The molecule has 0 aliphatic rings. The third-order valence-corrected chi connectivity index (χ3v) is 4.28. The summed E-state index contributed by atoms with van der Waals surface area (Å²) >= 11 is 0. The minimum Gasteiger partial charge on any atom is -0.449 e. The lowest BCUT2D eigenvalue weighted by atomic mass is 10.2. The number of aromatic nitrogens is 2. The lowest BCUT2D eigenvalue weighted by Crippen LogP contribution is -2.30. The van der Waals surface area contributed by atoms with Crippen molar-refractivity contribution < 1.29 is 14.3 Å². The molecule has 8 heteroatoms. The Balaban J connectivity index is 1.67. The number of anilines is 1. The number of esters is 1. The summed E-state index contributed by atoms with van der Waals surface area (Å²) in [6.45, 7) is 3.23. The maximum atomic E-state index is 12.3. The summed E-state index contributed by atoms with van der Waals surface area (Å²) in [5, 5.41) is 11.7. The maximum Gasteiger partial charge on any atom is 0.338 e. The van der Waals surface area contributed by atoms with Crippen LogP contribution in [0.15, 0.2) is 59.5 Å². The average Bonchev–Trinajstić information content (AvgIpc) is 3.06. The number of aromatic amines is 1. The van der Waals surface area contributed by atoms with E-state index in [4.69, 9.17) is 10.00 Å². The summed E-state index contributed by atoms with van der Waals surface area (Å²) in [4.78, 5) is 39.0. The van der Waals surface area contributed by atoms with E-state index in [2.05, 4.69) is 10.3 Å². The van der Waals surface area contributed by atoms with E-state index >= 15 is 0 Å². The van der Waals surface area contributed by atoms with Gasteiger partial charge in [-0.1, -0.05) is 12.1 Å². The van der Waals surface area contributed by atoms with Crippen LogP contribution in [-0.4, -0.2) is 27.5 Å². The van der Waals surface area contributed by atoms with Crippen LogP contribution < -0.4 is 11.0 Å². The molecule has 1 heterocycles. The second-order valence-electron chi connectivity index (χ2n) is 6.31. The fourth-order valence-corrected chi connectivity index (χ4v) is 2.73. The first kappa shape index (κ1) is 19.6. The van der Waals surface area contributed by atoms with Gasteiger partial charge in [-0.25, -0.2) is 9.59 Å². The summed E-state index contributed by atoms with van der Waals surface area (Å²) in [6, 6.07) is 14.8. The number of aryl methyl sites for hydroxylation is 1. The third-order valence-electron chi connectivity index (χ3n) is 4.28. The first-order chi connectivity index (χ1) is 13.9. The number of hydrogen-bond donors (Lipinski definition) is 2. The Hall–Kier alpha value is -4.12. The van der Waals surface area contributed by atoms with E-state index in [9.17, 15) is 14.4 Å². The topological polar surface area (TPSA) is 117 Å². The molecule has 0 aliphatic carbocycles. The molecule has 0 fully saturated rings. The van der Waals surface area contributed by atoms with Crippen molar-refractivity contribution in [3.63, 3.8) is 0 Å². The molecule has 0 saturated heterocycles. The van der Waals surface area contributed by atoms with E-state index in [0.29, 0.717) is 16.9 Å². The third kappa shape index (κ3) is 4.25. The highest BCUT2D eigenvalue weighted by molar-refractivity contribution is 5.98. The highest BCUT2D eigenvalue weighted by Gasteiger charge is 2.20. The SMILES string of the molecule is Cc1c[nH]c(=O)n1-c1ccc(C(=O)O[C@H](C)C(=O)Nc2ccccc2C#N)cc1. The molecule has 1 atom stereocenters. The first-order valence-corrected chi connectivity index (χ1v) is 8.79. The van der Waals surface area contributed by atoms with Crippen molar-refractivity contribution in [3.05, 3.63) is 82.0 Å². The van der Waals surface area contributed by atoms with E-state index in [1.54, 1.807) is 49.5 Å². The number of amides is 1.